The van der Waals surface area contributed by atoms with Crippen LogP contribution in [0, 0.1) is 5.92 Å². The molecule has 0 saturated carbocycles. The highest BCUT2D eigenvalue weighted by Gasteiger charge is 2.17. The second kappa shape index (κ2) is 7.07. The maximum Gasteiger partial charge on any atom is 0.253 e. The van der Waals surface area contributed by atoms with Gasteiger partial charge < -0.3 is 10.4 Å². The Morgan fingerprint density at radius 2 is 1.82 bits per heavy atom. The van der Waals surface area contributed by atoms with Gasteiger partial charge in [0, 0.05) is 6.54 Å². The fourth-order valence-electron chi connectivity index (χ4n) is 1.71. The average molecular weight is 235 g/mol. The maximum atomic E-state index is 11.7. The van der Waals surface area contributed by atoms with Crippen molar-refractivity contribution in [1.29, 1.82) is 0 Å². The average Bonchev–Trinajstić information content (AvgIpc) is 2.39. The molecule has 1 rings (SSSR count). The van der Waals surface area contributed by atoms with Gasteiger partial charge in [-0.15, -0.1) is 0 Å². The molecule has 1 amide bonds. The largest absolute Gasteiger partial charge is 0.378 e. The summed E-state index contributed by atoms with van der Waals surface area (Å²) in [6.45, 7) is 4.84. The fraction of sp³-hybridized carbons (Fsp3) is 0.500. The second-order valence-electron chi connectivity index (χ2n) is 4.24. The molecule has 3 nitrogen and oxygen atoms in total. The lowest BCUT2D eigenvalue weighted by Gasteiger charge is -2.16. The van der Waals surface area contributed by atoms with Crippen LogP contribution in [0.4, 0.5) is 0 Å². The van der Waals surface area contributed by atoms with Gasteiger partial charge in [-0.25, -0.2) is 0 Å². The molecule has 1 unspecified atom stereocenters. The number of carbonyl (C=O) groups excluding carboxylic acids is 1. The molecular weight excluding hydrogens is 214 g/mol. The summed E-state index contributed by atoms with van der Waals surface area (Å²) in [7, 11) is 0. The molecule has 0 radical (unpaired) electrons. The molecule has 0 spiro atoms. The van der Waals surface area contributed by atoms with Crippen molar-refractivity contribution in [3.05, 3.63) is 35.9 Å². The summed E-state index contributed by atoms with van der Waals surface area (Å²) in [4.78, 5) is 11.7. The van der Waals surface area contributed by atoms with Gasteiger partial charge in [0.25, 0.3) is 5.91 Å². The van der Waals surface area contributed by atoms with E-state index in [-0.39, 0.29) is 5.91 Å². The van der Waals surface area contributed by atoms with E-state index in [9.17, 15) is 9.90 Å². The first-order valence-corrected chi connectivity index (χ1v) is 6.19. The summed E-state index contributed by atoms with van der Waals surface area (Å²) < 4.78 is 0. The summed E-state index contributed by atoms with van der Waals surface area (Å²) in [5.74, 6) is 0.171. The lowest BCUT2D eigenvalue weighted by Crippen LogP contribution is -2.33. The lowest BCUT2D eigenvalue weighted by molar-refractivity contribution is -0.129. The molecule has 1 aromatic rings. The van der Waals surface area contributed by atoms with Gasteiger partial charge >= 0.3 is 0 Å². The number of amides is 1. The van der Waals surface area contributed by atoms with Gasteiger partial charge in [-0.3, -0.25) is 4.79 Å². The Bertz CT molecular complexity index is 333. The number of aliphatic hydroxyl groups is 1. The van der Waals surface area contributed by atoms with E-state index >= 15 is 0 Å². The van der Waals surface area contributed by atoms with E-state index in [2.05, 4.69) is 19.2 Å². The molecule has 0 fully saturated rings. The number of nitrogens with one attached hydrogen (secondary N) is 1. The molecule has 0 aliphatic carbocycles. The summed E-state index contributed by atoms with van der Waals surface area (Å²) >= 11 is 0. The first-order valence-electron chi connectivity index (χ1n) is 6.19. The molecule has 0 aliphatic rings. The van der Waals surface area contributed by atoms with Gasteiger partial charge in [0.05, 0.1) is 0 Å². The first-order chi connectivity index (χ1) is 8.19. The highest BCUT2D eigenvalue weighted by molar-refractivity contribution is 5.81. The van der Waals surface area contributed by atoms with Crippen molar-refractivity contribution in [2.75, 3.05) is 6.54 Å². The van der Waals surface area contributed by atoms with Crippen LogP contribution < -0.4 is 5.32 Å². The predicted octanol–water partition coefficient (Wildman–Crippen LogP) is 2.27. The molecule has 0 bridgehead atoms. The van der Waals surface area contributed by atoms with E-state index in [0.29, 0.717) is 18.0 Å². The summed E-state index contributed by atoms with van der Waals surface area (Å²) in [5, 5.41) is 12.6. The predicted molar refractivity (Wildman–Crippen MR) is 68.5 cm³/mol. The van der Waals surface area contributed by atoms with Crippen LogP contribution in [0.25, 0.3) is 0 Å². The van der Waals surface area contributed by atoms with Gasteiger partial charge in [-0.1, -0.05) is 57.0 Å². The van der Waals surface area contributed by atoms with Crippen LogP contribution in [-0.4, -0.2) is 17.6 Å². The van der Waals surface area contributed by atoms with E-state index < -0.39 is 6.10 Å². The van der Waals surface area contributed by atoms with Crippen molar-refractivity contribution in [3.63, 3.8) is 0 Å². The molecule has 0 heterocycles. The molecule has 0 saturated heterocycles. The zero-order valence-electron chi connectivity index (χ0n) is 10.5. The van der Waals surface area contributed by atoms with Crippen LogP contribution in [0.2, 0.25) is 0 Å². The first kappa shape index (κ1) is 13.7. The number of benzene rings is 1. The third kappa shape index (κ3) is 4.19. The molecular formula is C14H21NO2. The normalized spacial score (nSPS) is 12.5. The van der Waals surface area contributed by atoms with E-state index in [4.69, 9.17) is 0 Å². The highest BCUT2D eigenvalue weighted by Crippen LogP contribution is 2.12. The minimum atomic E-state index is -1.06. The number of hydrogen-bond donors (Lipinski definition) is 2. The van der Waals surface area contributed by atoms with E-state index in [1.54, 1.807) is 12.1 Å². The Morgan fingerprint density at radius 1 is 1.24 bits per heavy atom. The second-order valence-corrected chi connectivity index (χ2v) is 4.24. The van der Waals surface area contributed by atoms with Crippen molar-refractivity contribution in [2.24, 2.45) is 5.92 Å². The standard InChI is InChI=1S/C14H21NO2/c1-3-11(4-2)10-15-14(17)13(16)12-8-6-5-7-9-12/h5-9,11,13,16H,3-4,10H2,1-2H3,(H,15,17). The van der Waals surface area contributed by atoms with Gasteiger partial charge in [0.2, 0.25) is 0 Å². The third-order valence-electron chi connectivity index (χ3n) is 3.08. The molecule has 1 aromatic carbocycles. The topological polar surface area (TPSA) is 49.3 Å². The lowest BCUT2D eigenvalue weighted by atomic mass is 10.0. The van der Waals surface area contributed by atoms with Gasteiger partial charge in [-0.2, -0.15) is 0 Å². The van der Waals surface area contributed by atoms with Crippen molar-refractivity contribution in [1.82, 2.24) is 5.32 Å². The highest BCUT2D eigenvalue weighted by atomic mass is 16.3. The van der Waals surface area contributed by atoms with Gasteiger partial charge in [0.15, 0.2) is 6.10 Å². The zero-order valence-corrected chi connectivity index (χ0v) is 10.5. The fourth-order valence-corrected chi connectivity index (χ4v) is 1.71. The molecule has 94 valence electrons. The smallest absolute Gasteiger partial charge is 0.253 e. The molecule has 3 heteroatoms. The Kier molecular flexibility index (Phi) is 5.70. The van der Waals surface area contributed by atoms with Crippen LogP contribution in [-0.2, 0) is 4.79 Å². The molecule has 1 atom stereocenters. The zero-order chi connectivity index (χ0) is 12.7. The van der Waals surface area contributed by atoms with Crippen LogP contribution in [0.5, 0.6) is 0 Å². The summed E-state index contributed by atoms with van der Waals surface area (Å²) in [6, 6.07) is 8.99. The summed E-state index contributed by atoms with van der Waals surface area (Å²) in [5.41, 5.74) is 0.634. The Hall–Kier alpha value is -1.35. The van der Waals surface area contributed by atoms with E-state index in [1.165, 1.54) is 0 Å². The number of rotatable bonds is 6. The third-order valence-corrected chi connectivity index (χ3v) is 3.08. The van der Waals surface area contributed by atoms with Crippen molar-refractivity contribution >= 4 is 5.91 Å². The van der Waals surface area contributed by atoms with Crippen LogP contribution in [0.1, 0.15) is 38.4 Å². The number of hydrogen-bond acceptors (Lipinski definition) is 2. The minimum Gasteiger partial charge on any atom is -0.378 e. The Morgan fingerprint density at radius 3 is 2.35 bits per heavy atom. The monoisotopic (exact) mass is 235 g/mol. The number of aliphatic hydroxyl groups excluding tert-OH is 1. The van der Waals surface area contributed by atoms with Gasteiger partial charge in [-0.05, 0) is 11.5 Å². The summed E-state index contributed by atoms with van der Waals surface area (Å²) in [6.07, 6.45) is 1.02. The molecule has 0 aromatic heterocycles. The Labute approximate surface area is 103 Å². The van der Waals surface area contributed by atoms with Crippen molar-refractivity contribution < 1.29 is 9.90 Å². The van der Waals surface area contributed by atoms with Crippen LogP contribution >= 0.6 is 0 Å². The van der Waals surface area contributed by atoms with E-state index in [0.717, 1.165) is 12.8 Å². The van der Waals surface area contributed by atoms with Crippen LogP contribution in [0.15, 0.2) is 30.3 Å². The molecule has 0 aliphatic heterocycles. The van der Waals surface area contributed by atoms with Crippen LogP contribution in [0.3, 0.4) is 0 Å². The van der Waals surface area contributed by atoms with Gasteiger partial charge in [0.1, 0.15) is 0 Å². The minimum absolute atomic E-state index is 0.317. The maximum absolute atomic E-state index is 11.7. The molecule has 2 N–H and O–H groups in total. The van der Waals surface area contributed by atoms with Crippen molar-refractivity contribution in [3.8, 4) is 0 Å². The Balaban J connectivity index is 2.48. The van der Waals surface area contributed by atoms with E-state index in [1.807, 2.05) is 18.2 Å². The SMILES string of the molecule is CCC(CC)CNC(=O)C(O)c1ccccc1. The number of carbonyl (C=O) groups is 1. The molecule has 17 heavy (non-hydrogen) atoms. The van der Waals surface area contributed by atoms with Crippen molar-refractivity contribution in [2.45, 2.75) is 32.8 Å². The quantitative estimate of drug-likeness (QED) is 0.794.